The Morgan fingerprint density at radius 1 is 1.60 bits per heavy atom. The van der Waals surface area contributed by atoms with Crippen molar-refractivity contribution in [3.8, 4) is 0 Å². The number of aliphatic hydroxyl groups is 1. The number of hydrogen-bond acceptors (Lipinski definition) is 3. The van der Waals surface area contributed by atoms with Crippen LogP contribution in [0.2, 0.25) is 5.02 Å². The van der Waals surface area contributed by atoms with Gasteiger partial charge in [-0.15, -0.1) is 0 Å². The molecule has 0 saturated heterocycles. The average Bonchev–Trinajstić information content (AvgIpc) is 2.18. The Kier molecular flexibility index (Phi) is 5.25. The van der Waals surface area contributed by atoms with Crippen LogP contribution in [-0.4, -0.2) is 34.8 Å². The van der Waals surface area contributed by atoms with Gasteiger partial charge in [0.25, 0.3) is 0 Å². The minimum absolute atomic E-state index is 0.223. The third kappa shape index (κ3) is 4.30. The lowest BCUT2D eigenvalue weighted by atomic mass is 10.4. The maximum atomic E-state index is 11.7. The summed E-state index contributed by atoms with van der Waals surface area (Å²) in [5.74, 6) is 0.223. The first-order valence-corrected chi connectivity index (χ1v) is 6.29. The molecule has 1 aromatic carbocycles. The van der Waals surface area contributed by atoms with Gasteiger partial charge >= 0.3 is 0 Å². The van der Waals surface area contributed by atoms with Crippen LogP contribution < -0.4 is 5.32 Å². The molecule has 0 radical (unpaired) electrons. The predicted molar refractivity (Wildman–Crippen MR) is 62.7 cm³/mol. The van der Waals surface area contributed by atoms with E-state index in [9.17, 15) is 9.32 Å². The van der Waals surface area contributed by atoms with Gasteiger partial charge in [0.15, 0.2) is 0 Å². The molecule has 0 saturated carbocycles. The Balaban J connectivity index is 2.61. The first-order valence-electron chi connectivity index (χ1n) is 4.60. The zero-order chi connectivity index (χ0) is 11.3. The molecule has 2 atom stereocenters. The van der Waals surface area contributed by atoms with E-state index in [1.54, 1.807) is 31.3 Å². The molecule has 5 heteroatoms. The van der Waals surface area contributed by atoms with Gasteiger partial charge in [-0.05, 0) is 25.2 Å². The van der Waals surface area contributed by atoms with Crippen molar-refractivity contribution in [1.82, 2.24) is 5.32 Å². The molecule has 0 heterocycles. The molecule has 0 aromatic heterocycles. The predicted octanol–water partition coefficient (Wildman–Crippen LogP) is 1.03. The number of nitrogens with one attached hydrogen (secondary N) is 1. The van der Waals surface area contributed by atoms with E-state index in [1.807, 2.05) is 0 Å². The van der Waals surface area contributed by atoms with Crippen LogP contribution in [-0.2, 0) is 10.8 Å². The molecule has 0 aliphatic heterocycles. The highest BCUT2D eigenvalue weighted by molar-refractivity contribution is 7.85. The van der Waals surface area contributed by atoms with Gasteiger partial charge in [-0.1, -0.05) is 17.7 Å². The number of likely N-dealkylation sites (N-methyl/N-ethyl adjacent to an activating group) is 1. The third-order valence-electron chi connectivity index (χ3n) is 1.84. The van der Waals surface area contributed by atoms with Gasteiger partial charge in [0.2, 0.25) is 0 Å². The summed E-state index contributed by atoms with van der Waals surface area (Å²) in [6.07, 6.45) is -0.602. The van der Waals surface area contributed by atoms with Crippen LogP contribution in [0.1, 0.15) is 0 Å². The van der Waals surface area contributed by atoms with Crippen LogP contribution in [0.5, 0.6) is 0 Å². The van der Waals surface area contributed by atoms with E-state index in [0.29, 0.717) is 16.5 Å². The van der Waals surface area contributed by atoms with Crippen molar-refractivity contribution >= 4 is 22.4 Å². The summed E-state index contributed by atoms with van der Waals surface area (Å²) < 4.78 is 11.7. The van der Waals surface area contributed by atoms with Crippen molar-refractivity contribution < 1.29 is 9.32 Å². The molecule has 0 aliphatic rings. The van der Waals surface area contributed by atoms with Crippen LogP contribution >= 0.6 is 11.6 Å². The van der Waals surface area contributed by atoms with E-state index in [-0.39, 0.29) is 5.75 Å². The monoisotopic (exact) mass is 247 g/mol. The average molecular weight is 248 g/mol. The molecule has 0 bridgehead atoms. The fourth-order valence-corrected chi connectivity index (χ4v) is 2.58. The summed E-state index contributed by atoms with van der Waals surface area (Å²) in [6, 6.07) is 6.88. The number of rotatable bonds is 5. The second kappa shape index (κ2) is 6.23. The van der Waals surface area contributed by atoms with Crippen molar-refractivity contribution in [3.63, 3.8) is 0 Å². The molecule has 84 valence electrons. The molecule has 1 rings (SSSR count). The Bertz CT molecular complexity index is 346. The molecule has 1 aromatic rings. The largest absolute Gasteiger partial charge is 0.391 e. The molecule has 2 unspecified atom stereocenters. The van der Waals surface area contributed by atoms with Gasteiger partial charge < -0.3 is 10.4 Å². The lowest BCUT2D eigenvalue weighted by molar-refractivity contribution is 0.198. The molecule has 2 N–H and O–H groups in total. The maximum absolute atomic E-state index is 11.7. The minimum atomic E-state index is -1.20. The molecule has 0 spiro atoms. The summed E-state index contributed by atoms with van der Waals surface area (Å²) in [4.78, 5) is 0.651. The summed E-state index contributed by atoms with van der Waals surface area (Å²) in [5.41, 5.74) is 0. The molecular weight excluding hydrogens is 234 g/mol. The Morgan fingerprint density at radius 3 is 2.93 bits per heavy atom. The van der Waals surface area contributed by atoms with E-state index in [0.717, 1.165) is 0 Å². The number of benzene rings is 1. The number of halogens is 1. The van der Waals surface area contributed by atoms with Gasteiger partial charge in [0, 0.05) is 16.5 Å². The van der Waals surface area contributed by atoms with E-state index in [1.165, 1.54) is 0 Å². The zero-order valence-electron chi connectivity index (χ0n) is 8.44. The lowest BCUT2D eigenvalue weighted by Crippen LogP contribution is -2.28. The van der Waals surface area contributed by atoms with E-state index < -0.39 is 16.9 Å². The Labute approximate surface area is 96.9 Å². The summed E-state index contributed by atoms with van der Waals surface area (Å²) in [7, 11) is 0.542. The Hall–Kier alpha value is -0.420. The molecule has 0 fully saturated rings. The lowest BCUT2D eigenvalue weighted by Gasteiger charge is -2.09. The summed E-state index contributed by atoms with van der Waals surface area (Å²) >= 11 is 5.78. The van der Waals surface area contributed by atoms with Gasteiger partial charge in [0.05, 0.1) is 22.7 Å². The molecule has 0 aliphatic carbocycles. The van der Waals surface area contributed by atoms with Gasteiger partial charge in [-0.2, -0.15) is 0 Å². The van der Waals surface area contributed by atoms with Crippen LogP contribution in [0, 0.1) is 0 Å². The number of hydrogen-bond donors (Lipinski definition) is 2. The van der Waals surface area contributed by atoms with Gasteiger partial charge in [-0.25, -0.2) is 0 Å². The fraction of sp³-hybridized carbons (Fsp3) is 0.400. The second-order valence-corrected chi connectivity index (χ2v) is 5.11. The Morgan fingerprint density at radius 2 is 2.33 bits per heavy atom. The zero-order valence-corrected chi connectivity index (χ0v) is 10.0. The van der Waals surface area contributed by atoms with Crippen molar-refractivity contribution in [1.29, 1.82) is 0 Å². The van der Waals surface area contributed by atoms with E-state index in [4.69, 9.17) is 11.6 Å². The highest BCUT2D eigenvalue weighted by atomic mass is 35.5. The smallest absolute Gasteiger partial charge is 0.0783 e. The molecule has 15 heavy (non-hydrogen) atoms. The van der Waals surface area contributed by atoms with E-state index in [2.05, 4.69) is 5.32 Å². The summed E-state index contributed by atoms with van der Waals surface area (Å²) in [5, 5.41) is 12.8. The van der Waals surface area contributed by atoms with Crippen molar-refractivity contribution in [3.05, 3.63) is 29.3 Å². The van der Waals surface area contributed by atoms with Crippen molar-refractivity contribution in [2.75, 3.05) is 19.3 Å². The first kappa shape index (κ1) is 12.6. The van der Waals surface area contributed by atoms with E-state index >= 15 is 0 Å². The van der Waals surface area contributed by atoms with Gasteiger partial charge in [-0.3, -0.25) is 4.21 Å². The number of aliphatic hydroxyl groups excluding tert-OH is 1. The van der Waals surface area contributed by atoms with Crippen molar-refractivity contribution in [2.45, 2.75) is 11.0 Å². The quantitative estimate of drug-likeness (QED) is 0.817. The van der Waals surface area contributed by atoms with Crippen LogP contribution in [0.15, 0.2) is 29.2 Å². The first-order chi connectivity index (χ1) is 7.13. The maximum Gasteiger partial charge on any atom is 0.0783 e. The fourth-order valence-electron chi connectivity index (χ4n) is 1.17. The van der Waals surface area contributed by atoms with Crippen LogP contribution in [0.3, 0.4) is 0 Å². The SMILES string of the molecule is CNCC(O)CS(=O)c1cccc(Cl)c1. The highest BCUT2D eigenvalue weighted by Gasteiger charge is 2.10. The normalized spacial score (nSPS) is 14.9. The summed E-state index contributed by atoms with van der Waals surface area (Å²) in [6.45, 7) is 0.437. The van der Waals surface area contributed by atoms with Crippen LogP contribution in [0.4, 0.5) is 0 Å². The molecular formula is C10H14ClNO2S. The van der Waals surface area contributed by atoms with Crippen LogP contribution in [0.25, 0.3) is 0 Å². The third-order valence-corrected chi connectivity index (χ3v) is 3.54. The highest BCUT2D eigenvalue weighted by Crippen LogP contribution is 2.14. The van der Waals surface area contributed by atoms with Gasteiger partial charge in [0.1, 0.15) is 0 Å². The molecule has 0 amide bonds. The second-order valence-electron chi connectivity index (χ2n) is 3.18. The van der Waals surface area contributed by atoms with Crippen molar-refractivity contribution in [2.24, 2.45) is 0 Å². The minimum Gasteiger partial charge on any atom is -0.391 e. The topological polar surface area (TPSA) is 49.3 Å². The molecule has 3 nitrogen and oxygen atoms in total. The standard InChI is InChI=1S/C10H14ClNO2S/c1-12-6-9(13)7-15(14)10-4-2-3-8(11)5-10/h2-5,9,12-13H,6-7H2,1H3.